The first-order valence-corrected chi connectivity index (χ1v) is 6.62. The van der Waals surface area contributed by atoms with Gasteiger partial charge in [-0.1, -0.05) is 30.1 Å². The molecular weight excluding hydrogens is 285 g/mol. The normalized spacial score (nSPS) is 12.2. The average molecular weight is 298 g/mol. The van der Waals surface area contributed by atoms with Crippen molar-refractivity contribution in [3.63, 3.8) is 0 Å². The number of nitrogens with zero attached hydrogens (tertiary/aromatic N) is 1. The lowest BCUT2D eigenvalue weighted by Gasteiger charge is -2.09. The largest absolute Gasteiger partial charge is 0.456 e. The Balaban J connectivity index is 2.12. The standard InChI is InChI=1S/C14H13Cl2NO2/c1-2-14(18)13-6-4-10(8-17-13)19-9-3-5-11(15)12(16)7-9/h3-8,14,18H,2H2,1H3. The molecule has 1 aromatic carbocycles. The molecule has 1 N–H and O–H groups in total. The molecular formula is C14H13Cl2NO2. The summed E-state index contributed by atoms with van der Waals surface area (Å²) in [5.74, 6) is 1.16. The van der Waals surface area contributed by atoms with Gasteiger partial charge in [-0.3, -0.25) is 4.98 Å². The maximum atomic E-state index is 9.64. The Morgan fingerprint density at radius 2 is 1.89 bits per heavy atom. The van der Waals surface area contributed by atoms with E-state index in [1.165, 1.54) is 0 Å². The summed E-state index contributed by atoms with van der Waals surface area (Å²) in [7, 11) is 0. The lowest BCUT2D eigenvalue weighted by atomic mass is 10.2. The fourth-order valence-electron chi connectivity index (χ4n) is 1.53. The van der Waals surface area contributed by atoms with Crippen LogP contribution in [0.5, 0.6) is 11.5 Å². The van der Waals surface area contributed by atoms with Gasteiger partial charge in [-0.25, -0.2) is 0 Å². The van der Waals surface area contributed by atoms with Crippen LogP contribution in [0.2, 0.25) is 10.0 Å². The van der Waals surface area contributed by atoms with Crippen LogP contribution in [0.25, 0.3) is 0 Å². The summed E-state index contributed by atoms with van der Waals surface area (Å²) < 4.78 is 5.60. The monoisotopic (exact) mass is 297 g/mol. The molecule has 0 radical (unpaired) electrons. The van der Waals surface area contributed by atoms with Crippen LogP contribution in [-0.4, -0.2) is 10.1 Å². The number of hydrogen-bond donors (Lipinski definition) is 1. The van der Waals surface area contributed by atoms with Gasteiger partial charge in [0.2, 0.25) is 0 Å². The van der Waals surface area contributed by atoms with Crippen LogP contribution in [0, 0.1) is 0 Å². The van der Waals surface area contributed by atoms with Gasteiger partial charge in [0, 0.05) is 6.07 Å². The van der Waals surface area contributed by atoms with E-state index in [2.05, 4.69) is 4.98 Å². The minimum absolute atomic E-state index is 0.435. The Kier molecular flexibility index (Phi) is 4.64. The highest BCUT2D eigenvalue weighted by atomic mass is 35.5. The molecule has 0 aliphatic heterocycles. The number of aliphatic hydroxyl groups is 1. The molecule has 0 fully saturated rings. The highest BCUT2D eigenvalue weighted by molar-refractivity contribution is 6.42. The minimum Gasteiger partial charge on any atom is -0.456 e. The topological polar surface area (TPSA) is 42.4 Å². The van der Waals surface area contributed by atoms with Crippen molar-refractivity contribution in [2.24, 2.45) is 0 Å². The van der Waals surface area contributed by atoms with Crippen molar-refractivity contribution in [1.29, 1.82) is 0 Å². The van der Waals surface area contributed by atoms with Crippen LogP contribution >= 0.6 is 23.2 Å². The number of pyridine rings is 1. The molecule has 19 heavy (non-hydrogen) atoms. The second-order valence-corrected chi connectivity index (χ2v) is 4.84. The van der Waals surface area contributed by atoms with Crippen LogP contribution in [-0.2, 0) is 0 Å². The molecule has 0 aliphatic rings. The van der Waals surface area contributed by atoms with E-state index >= 15 is 0 Å². The second-order valence-electron chi connectivity index (χ2n) is 4.02. The summed E-state index contributed by atoms with van der Waals surface area (Å²) in [6, 6.07) is 8.52. The van der Waals surface area contributed by atoms with Crippen molar-refractivity contribution in [3.8, 4) is 11.5 Å². The smallest absolute Gasteiger partial charge is 0.145 e. The van der Waals surface area contributed by atoms with Crippen molar-refractivity contribution in [3.05, 3.63) is 52.3 Å². The molecule has 1 heterocycles. The summed E-state index contributed by atoms with van der Waals surface area (Å²) in [5, 5.41) is 10.6. The number of aromatic nitrogens is 1. The van der Waals surface area contributed by atoms with Gasteiger partial charge in [-0.15, -0.1) is 0 Å². The predicted molar refractivity (Wildman–Crippen MR) is 76.0 cm³/mol. The molecule has 1 unspecified atom stereocenters. The zero-order valence-electron chi connectivity index (χ0n) is 10.3. The van der Waals surface area contributed by atoms with E-state index in [-0.39, 0.29) is 0 Å². The summed E-state index contributed by atoms with van der Waals surface area (Å²) in [6.45, 7) is 1.90. The Bertz CT molecular complexity index is 558. The molecule has 0 saturated carbocycles. The maximum absolute atomic E-state index is 9.64. The van der Waals surface area contributed by atoms with E-state index in [0.29, 0.717) is 33.7 Å². The molecule has 5 heteroatoms. The highest BCUT2D eigenvalue weighted by Gasteiger charge is 2.07. The lowest BCUT2D eigenvalue weighted by Crippen LogP contribution is -1.98. The first-order chi connectivity index (χ1) is 9.10. The van der Waals surface area contributed by atoms with Crippen LogP contribution in [0.15, 0.2) is 36.5 Å². The number of rotatable bonds is 4. The molecule has 0 bridgehead atoms. The zero-order valence-corrected chi connectivity index (χ0v) is 11.8. The second kappa shape index (κ2) is 6.24. The minimum atomic E-state index is -0.543. The van der Waals surface area contributed by atoms with Crippen LogP contribution in [0.4, 0.5) is 0 Å². The third kappa shape index (κ3) is 3.60. The summed E-state index contributed by atoms with van der Waals surface area (Å²) >= 11 is 11.7. The lowest BCUT2D eigenvalue weighted by molar-refractivity contribution is 0.169. The molecule has 0 saturated heterocycles. The maximum Gasteiger partial charge on any atom is 0.145 e. The van der Waals surface area contributed by atoms with E-state index in [0.717, 1.165) is 0 Å². The van der Waals surface area contributed by atoms with Gasteiger partial charge in [0.25, 0.3) is 0 Å². The SMILES string of the molecule is CCC(O)c1ccc(Oc2ccc(Cl)c(Cl)c2)cn1. The van der Waals surface area contributed by atoms with E-state index in [9.17, 15) is 5.11 Å². The summed E-state index contributed by atoms with van der Waals surface area (Å²) in [4.78, 5) is 4.15. The van der Waals surface area contributed by atoms with Crippen LogP contribution in [0.3, 0.4) is 0 Å². The fourth-order valence-corrected chi connectivity index (χ4v) is 1.82. The Morgan fingerprint density at radius 3 is 2.47 bits per heavy atom. The molecule has 2 aromatic rings. The molecule has 100 valence electrons. The Hall–Kier alpha value is -1.29. The van der Waals surface area contributed by atoms with Crippen molar-refractivity contribution in [2.75, 3.05) is 0 Å². The van der Waals surface area contributed by atoms with Gasteiger partial charge in [-0.05, 0) is 30.7 Å². The van der Waals surface area contributed by atoms with E-state index < -0.39 is 6.10 Å². The predicted octanol–water partition coefficient (Wildman–Crippen LogP) is 4.62. The van der Waals surface area contributed by atoms with E-state index in [4.69, 9.17) is 27.9 Å². The molecule has 0 amide bonds. The van der Waals surface area contributed by atoms with Gasteiger partial charge in [0.15, 0.2) is 0 Å². The molecule has 1 aromatic heterocycles. The average Bonchev–Trinajstić information content (AvgIpc) is 2.43. The molecule has 3 nitrogen and oxygen atoms in total. The number of hydrogen-bond acceptors (Lipinski definition) is 3. The quantitative estimate of drug-likeness (QED) is 0.895. The Morgan fingerprint density at radius 1 is 1.16 bits per heavy atom. The van der Waals surface area contributed by atoms with Gasteiger partial charge >= 0.3 is 0 Å². The van der Waals surface area contributed by atoms with E-state index in [1.807, 2.05) is 6.92 Å². The van der Waals surface area contributed by atoms with Gasteiger partial charge in [-0.2, -0.15) is 0 Å². The summed E-state index contributed by atoms with van der Waals surface area (Å²) in [5.41, 5.74) is 0.629. The molecule has 0 aliphatic carbocycles. The number of halogens is 2. The van der Waals surface area contributed by atoms with Crippen molar-refractivity contribution >= 4 is 23.2 Å². The van der Waals surface area contributed by atoms with Crippen molar-refractivity contribution < 1.29 is 9.84 Å². The van der Waals surface area contributed by atoms with Gasteiger partial charge < -0.3 is 9.84 Å². The molecule has 0 spiro atoms. The first-order valence-electron chi connectivity index (χ1n) is 5.87. The first kappa shape index (κ1) is 14.1. The van der Waals surface area contributed by atoms with Crippen molar-refractivity contribution in [2.45, 2.75) is 19.4 Å². The van der Waals surface area contributed by atoms with Crippen LogP contribution in [0.1, 0.15) is 25.1 Å². The van der Waals surface area contributed by atoms with Crippen molar-refractivity contribution in [1.82, 2.24) is 4.98 Å². The molecule has 1 atom stereocenters. The van der Waals surface area contributed by atoms with E-state index in [1.54, 1.807) is 36.5 Å². The number of benzene rings is 1. The van der Waals surface area contributed by atoms with Crippen LogP contribution < -0.4 is 4.74 Å². The molecule has 2 rings (SSSR count). The third-order valence-corrected chi connectivity index (χ3v) is 3.35. The van der Waals surface area contributed by atoms with Gasteiger partial charge in [0.1, 0.15) is 11.5 Å². The Labute approximate surface area is 121 Å². The fraction of sp³-hybridized carbons (Fsp3) is 0.214. The number of aliphatic hydroxyl groups excluding tert-OH is 1. The highest BCUT2D eigenvalue weighted by Crippen LogP contribution is 2.29. The number of ether oxygens (including phenoxy) is 1. The van der Waals surface area contributed by atoms with Gasteiger partial charge in [0.05, 0.1) is 28.0 Å². The summed E-state index contributed by atoms with van der Waals surface area (Å²) in [6.07, 6.45) is 1.65. The zero-order chi connectivity index (χ0) is 13.8. The third-order valence-electron chi connectivity index (χ3n) is 2.61.